The molecule has 2 heterocycles. The van der Waals surface area contributed by atoms with Crippen molar-refractivity contribution in [3.05, 3.63) is 87.8 Å². The van der Waals surface area contributed by atoms with Gasteiger partial charge in [-0.3, -0.25) is 19.5 Å². The van der Waals surface area contributed by atoms with Gasteiger partial charge in [0.2, 0.25) is 5.91 Å². The maximum atomic E-state index is 12.7. The number of nitrogens with one attached hydrogen (secondary N) is 3. The standard InChI is InChI=1S/C22H21N5O3/c1-14-17(22(30)27(26-14)16-10-6-3-7-11-16)13-24-25-21(29)19-18(12-23-20(19)28)15-8-4-2-5-9-15/h2-11,13,18-19,26H,12H2,1H3,(H,23,28)(H,25,29)/b24-13+. The molecule has 4 rings (SSSR count). The average molecular weight is 403 g/mol. The van der Waals surface area contributed by atoms with Crippen LogP contribution in [0.3, 0.4) is 0 Å². The summed E-state index contributed by atoms with van der Waals surface area (Å²) in [5, 5.41) is 9.67. The van der Waals surface area contributed by atoms with Crippen LogP contribution in [0.1, 0.15) is 22.7 Å². The Kier molecular flexibility index (Phi) is 5.30. The number of hydrazone groups is 1. The Morgan fingerprint density at radius 3 is 2.47 bits per heavy atom. The fourth-order valence-electron chi connectivity index (χ4n) is 3.63. The number of hydrogen-bond donors (Lipinski definition) is 3. The van der Waals surface area contributed by atoms with Crippen molar-refractivity contribution in [2.75, 3.05) is 6.54 Å². The molecule has 1 aliphatic heterocycles. The predicted molar refractivity (Wildman–Crippen MR) is 113 cm³/mol. The van der Waals surface area contributed by atoms with Gasteiger partial charge in [-0.2, -0.15) is 5.10 Å². The molecule has 152 valence electrons. The summed E-state index contributed by atoms with van der Waals surface area (Å²) >= 11 is 0. The van der Waals surface area contributed by atoms with E-state index < -0.39 is 11.8 Å². The minimum absolute atomic E-state index is 0.266. The monoisotopic (exact) mass is 403 g/mol. The van der Waals surface area contributed by atoms with E-state index in [-0.39, 0.29) is 17.4 Å². The summed E-state index contributed by atoms with van der Waals surface area (Å²) in [4.78, 5) is 37.5. The van der Waals surface area contributed by atoms with Crippen molar-refractivity contribution < 1.29 is 9.59 Å². The molecule has 2 atom stereocenters. The van der Waals surface area contributed by atoms with Gasteiger partial charge in [-0.15, -0.1) is 0 Å². The number of rotatable bonds is 5. The highest BCUT2D eigenvalue weighted by Crippen LogP contribution is 2.28. The first-order chi connectivity index (χ1) is 14.6. The maximum absolute atomic E-state index is 12.7. The molecule has 0 spiro atoms. The Morgan fingerprint density at radius 1 is 1.10 bits per heavy atom. The van der Waals surface area contributed by atoms with Crippen LogP contribution in [0.25, 0.3) is 5.69 Å². The Morgan fingerprint density at radius 2 is 1.77 bits per heavy atom. The van der Waals surface area contributed by atoms with E-state index in [4.69, 9.17) is 0 Å². The van der Waals surface area contributed by atoms with Gasteiger partial charge in [-0.25, -0.2) is 10.1 Å². The van der Waals surface area contributed by atoms with E-state index in [1.807, 2.05) is 60.7 Å². The lowest BCUT2D eigenvalue weighted by molar-refractivity contribution is -0.133. The summed E-state index contributed by atoms with van der Waals surface area (Å²) in [5.74, 6) is -1.98. The van der Waals surface area contributed by atoms with Gasteiger partial charge in [0.15, 0.2) is 0 Å². The normalized spacial score (nSPS) is 18.5. The summed E-state index contributed by atoms with van der Waals surface area (Å²) in [7, 11) is 0. The predicted octanol–water partition coefficient (Wildman–Crippen LogP) is 1.45. The quantitative estimate of drug-likeness (QED) is 0.341. The minimum atomic E-state index is -0.877. The Balaban J connectivity index is 1.51. The van der Waals surface area contributed by atoms with Gasteiger partial charge < -0.3 is 5.32 Å². The van der Waals surface area contributed by atoms with Crippen LogP contribution in [-0.4, -0.2) is 34.4 Å². The molecule has 8 heteroatoms. The average Bonchev–Trinajstić information content (AvgIpc) is 3.29. The third-order valence-electron chi connectivity index (χ3n) is 5.19. The van der Waals surface area contributed by atoms with Gasteiger partial charge >= 0.3 is 0 Å². The molecule has 1 fully saturated rings. The Labute approximate surface area is 172 Å². The topological polar surface area (TPSA) is 108 Å². The van der Waals surface area contributed by atoms with Crippen LogP contribution in [-0.2, 0) is 9.59 Å². The first-order valence-corrected chi connectivity index (χ1v) is 9.59. The van der Waals surface area contributed by atoms with Crippen LogP contribution >= 0.6 is 0 Å². The zero-order valence-electron chi connectivity index (χ0n) is 16.3. The van der Waals surface area contributed by atoms with Crippen LogP contribution in [0, 0.1) is 12.8 Å². The number of nitrogens with zero attached hydrogens (tertiary/aromatic N) is 2. The molecular formula is C22H21N5O3. The van der Waals surface area contributed by atoms with E-state index in [9.17, 15) is 14.4 Å². The van der Waals surface area contributed by atoms with E-state index in [0.29, 0.717) is 23.5 Å². The molecule has 30 heavy (non-hydrogen) atoms. The lowest BCUT2D eigenvalue weighted by Crippen LogP contribution is -2.34. The number of hydrogen-bond acceptors (Lipinski definition) is 4. The molecule has 1 saturated heterocycles. The molecule has 2 aromatic carbocycles. The molecule has 1 aliphatic rings. The fourth-order valence-corrected chi connectivity index (χ4v) is 3.63. The third kappa shape index (κ3) is 3.67. The molecule has 1 aromatic heterocycles. The molecule has 3 N–H and O–H groups in total. The van der Waals surface area contributed by atoms with Gasteiger partial charge in [-0.05, 0) is 24.6 Å². The molecular weight excluding hydrogens is 382 g/mol. The van der Waals surface area contributed by atoms with E-state index in [1.54, 1.807) is 6.92 Å². The number of aryl methyl sites for hydroxylation is 1. The summed E-state index contributed by atoms with van der Waals surface area (Å²) in [6.07, 6.45) is 1.30. The van der Waals surface area contributed by atoms with Crippen LogP contribution < -0.4 is 16.3 Å². The summed E-state index contributed by atoms with van der Waals surface area (Å²) < 4.78 is 1.41. The molecule has 0 saturated carbocycles. The van der Waals surface area contributed by atoms with Crippen molar-refractivity contribution in [2.45, 2.75) is 12.8 Å². The van der Waals surface area contributed by atoms with E-state index in [0.717, 1.165) is 5.56 Å². The van der Waals surface area contributed by atoms with Gasteiger partial charge in [0.05, 0.1) is 17.5 Å². The molecule has 0 radical (unpaired) electrons. The molecule has 8 nitrogen and oxygen atoms in total. The van der Waals surface area contributed by atoms with Gasteiger partial charge in [0.1, 0.15) is 5.92 Å². The highest BCUT2D eigenvalue weighted by atomic mass is 16.2. The smallest absolute Gasteiger partial charge is 0.280 e. The molecule has 0 bridgehead atoms. The van der Waals surface area contributed by atoms with Crippen molar-refractivity contribution in [2.24, 2.45) is 11.0 Å². The number of aromatic amines is 1. The van der Waals surface area contributed by atoms with Crippen molar-refractivity contribution in [3.63, 3.8) is 0 Å². The summed E-state index contributed by atoms with van der Waals surface area (Å²) in [6, 6.07) is 18.6. The van der Waals surface area contributed by atoms with Crippen LogP contribution in [0.15, 0.2) is 70.6 Å². The van der Waals surface area contributed by atoms with Crippen molar-refractivity contribution in [1.29, 1.82) is 0 Å². The van der Waals surface area contributed by atoms with Crippen LogP contribution in [0.2, 0.25) is 0 Å². The largest absolute Gasteiger partial charge is 0.355 e. The van der Waals surface area contributed by atoms with E-state index in [2.05, 4.69) is 20.9 Å². The second kappa shape index (κ2) is 8.20. The molecule has 2 unspecified atom stereocenters. The number of benzene rings is 2. The lowest BCUT2D eigenvalue weighted by atomic mass is 9.88. The van der Waals surface area contributed by atoms with Crippen LogP contribution in [0.4, 0.5) is 0 Å². The van der Waals surface area contributed by atoms with E-state index in [1.165, 1.54) is 10.9 Å². The number of aromatic nitrogens is 2. The van der Waals surface area contributed by atoms with Crippen molar-refractivity contribution >= 4 is 18.0 Å². The first-order valence-electron chi connectivity index (χ1n) is 9.59. The third-order valence-corrected chi connectivity index (χ3v) is 5.19. The first kappa shape index (κ1) is 19.4. The Bertz CT molecular complexity index is 1150. The fraction of sp³-hybridized carbons (Fsp3) is 0.182. The number of H-pyrrole nitrogens is 1. The SMILES string of the molecule is Cc1[nH]n(-c2ccccc2)c(=O)c1/C=N/NC(=O)C1C(=O)NCC1c1ccccc1. The highest BCUT2D eigenvalue weighted by molar-refractivity contribution is 6.03. The highest BCUT2D eigenvalue weighted by Gasteiger charge is 2.40. The van der Waals surface area contributed by atoms with E-state index >= 15 is 0 Å². The van der Waals surface area contributed by atoms with Gasteiger partial charge in [-0.1, -0.05) is 48.5 Å². The Hall–Kier alpha value is -3.94. The second-order valence-electron chi connectivity index (χ2n) is 7.10. The molecule has 2 amide bonds. The lowest BCUT2D eigenvalue weighted by Gasteiger charge is -2.15. The maximum Gasteiger partial charge on any atom is 0.280 e. The van der Waals surface area contributed by atoms with Gasteiger partial charge in [0.25, 0.3) is 11.5 Å². The number of para-hydroxylation sites is 1. The van der Waals surface area contributed by atoms with Crippen molar-refractivity contribution in [3.8, 4) is 5.69 Å². The number of carbonyl (C=O) groups excluding carboxylic acids is 2. The zero-order chi connectivity index (χ0) is 21.1. The van der Waals surface area contributed by atoms with Crippen molar-refractivity contribution in [1.82, 2.24) is 20.5 Å². The second-order valence-corrected chi connectivity index (χ2v) is 7.10. The summed E-state index contributed by atoms with van der Waals surface area (Å²) in [5.41, 5.74) is 4.68. The molecule has 3 aromatic rings. The zero-order valence-corrected chi connectivity index (χ0v) is 16.3. The summed E-state index contributed by atoms with van der Waals surface area (Å²) in [6.45, 7) is 2.14. The number of amides is 2. The minimum Gasteiger partial charge on any atom is -0.355 e. The molecule has 0 aliphatic carbocycles. The van der Waals surface area contributed by atoms with Crippen LogP contribution in [0.5, 0.6) is 0 Å². The number of carbonyl (C=O) groups is 2. The van der Waals surface area contributed by atoms with Gasteiger partial charge in [0, 0.05) is 18.2 Å².